The normalized spacial score (nSPS) is 24.4. The average molecular weight is 418 g/mol. The Hall–Kier alpha value is -3.74. The minimum absolute atomic E-state index is 0.131. The van der Waals surface area contributed by atoms with Gasteiger partial charge in [0.1, 0.15) is 11.9 Å². The van der Waals surface area contributed by atoms with Crippen molar-refractivity contribution in [2.45, 2.75) is 44.7 Å². The Bertz CT molecular complexity index is 1210. The Labute approximate surface area is 178 Å². The van der Waals surface area contributed by atoms with Crippen LogP contribution in [0.4, 0.5) is 10.5 Å². The van der Waals surface area contributed by atoms with Gasteiger partial charge in [-0.3, -0.25) is 4.68 Å². The van der Waals surface area contributed by atoms with Crippen molar-refractivity contribution in [2.75, 3.05) is 5.32 Å². The maximum absolute atomic E-state index is 13.3. The van der Waals surface area contributed by atoms with Gasteiger partial charge in [-0.25, -0.2) is 9.78 Å². The molecule has 2 amide bonds. The zero-order chi connectivity index (χ0) is 21.8. The van der Waals surface area contributed by atoms with Crippen molar-refractivity contribution in [2.24, 2.45) is 13.0 Å². The van der Waals surface area contributed by atoms with Crippen LogP contribution in [0.15, 0.2) is 28.9 Å². The summed E-state index contributed by atoms with van der Waals surface area (Å²) in [4.78, 5) is 19.4. The zero-order valence-electron chi connectivity index (χ0n) is 17.5. The highest BCUT2D eigenvalue weighted by atomic mass is 16.4. The molecular formula is C21H22N8O2. The molecule has 3 atom stereocenters. The Morgan fingerprint density at radius 3 is 2.87 bits per heavy atom. The van der Waals surface area contributed by atoms with E-state index in [-0.39, 0.29) is 12.1 Å². The summed E-state index contributed by atoms with van der Waals surface area (Å²) in [6.07, 6.45) is 4.12. The Balaban J connectivity index is 1.44. The van der Waals surface area contributed by atoms with Gasteiger partial charge in [-0.05, 0) is 37.0 Å². The minimum atomic E-state index is -0.564. The van der Waals surface area contributed by atoms with E-state index in [4.69, 9.17) is 4.42 Å². The highest BCUT2D eigenvalue weighted by Crippen LogP contribution is 2.55. The van der Waals surface area contributed by atoms with Gasteiger partial charge in [-0.2, -0.15) is 10.4 Å². The first kappa shape index (κ1) is 19.2. The van der Waals surface area contributed by atoms with Crippen LogP contribution in [0.1, 0.15) is 43.5 Å². The van der Waals surface area contributed by atoms with Gasteiger partial charge in [0, 0.05) is 37.7 Å². The number of nitriles is 1. The van der Waals surface area contributed by atoms with Crippen molar-refractivity contribution >= 4 is 11.7 Å². The number of anilines is 1. The summed E-state index contributed by atoms with van der Waals surface area (Å²) < 4.78 is 7.32. The van der Waals surface area contributed by atoms with E-state index in [1.165, 1.54) is 0 Å². The standard InChI is InChI=1S/C21H22N8O2/c1-12-6-16-9-21(8-12,19-26-25-13(2)31-19)29(16)20(30)24-15-5-4-14(10-22)17(7-15)18-23-11-28(3)27-18/h4-5,7,11-12,16H,6,8-9H2,1-3H3,(H,24,30)/t12?,16?,21-/m0/s1. The second-order valence-corrected chi connectivity index (χ2v) is 8.47. The second kappa shape index (κ2) is 6.91. The largest absolute Gasteiger partial charge is 0.423 e. The second-order valence-electron chi connectivity index (χ2n) is 8.47. The number of piperidine rings is 1. The lowest BCUT2D eigenvalue weighted by Crippen LogP contribution is -2.70. The van der Waals surface area contributed by atoms with Gasteiger partial charge >= 0.3 is 6.03 Å². The molecule has 10 nitrogen and oxygen atoms in total. The van der Waals surface area contributed by atoms with Crippen LogP contribution < -0.4 is 5.32 Å². The summed E-state index contributed by atoms with van der Waals surface area (Å²) in [5.41, 5.74) is 1.02. The molecule has 158 valence electrons. The first-order valence-electron chi connectivity index (χ1n) is 10.2. The number of benzene rings is 1. The molecule has 1 saturated heterocycles. The van der Waals surface area contributed by atoms with Gasteiger partial charge in [-0.1, -0.05) is 6.92 Å². The van der Waals surface area contributed by atoms with Crippen molar-refractivity contribution in [3.63, 3.8) is 0 Å². The predicted molar refractivity (Wildman–Crippen MR) is 110 cm³/mol. The van der Waals surface area contributed by atoms with Crippen LogP contribution in [0, 0.1) is 24.2 Å². The average Bonchev–Trinajstić information content (AvgIpc) is 3.35. The van der Waals surface area contributed by atoms with Crippen molar-refractivity contribution in [3.8, 4) is 17.5 Å². The quantitative estimate of drug-likeness (QED) is 0.693. The van der Waals surface area contributed by atoms with Crippen LogP contribution in [-0.4, -0.2) is 41.9 Å². The van der Waals surface area contributed by atoms with E-state index in [2.05, 4.69) is 38.6 Å². The number of rotatable bonds is 3. The molecule has 2 bridgehead atoms. The molecule has 2 unspecified atom stereocenters. The SMILES string of the molecule is Cc1nnc([C@]23CC(C)CC(C2)N3C(=O)Nc2ccc(C#N)c(-c3ncn(C)n3)c2)o1. The van der Waals surface area contributed by atoms with E-state index in [1.807, 2.05) is 4.90 Å². The topological polar surface area (TPSA) is 126 Å². The molecule has 2 aromatic heterocycles. The maximum Gasteiger partial charge on any atom is 0.323 e. The molecule has 2 fully saturated rings. The molecular weight excluding hydrogens is 396 g/mol. The van der Waals surface area contributed by atoms with Gasteiger partial charge < -0.3 is 14.6 Å². The maximum atomic E-state index is 13.3. The summed E-state index contributed by atoms with van der Waals surface area (Å²) in [5, 5.41) is 24.9. The highest BCUT2D eigenvalue weighted by molar-refractivity contribution is 5.92. The molecule has 2 aliphatic rings. The molecule has 0 radical (unpaired) electrons. The molecule has 1 aliphatic carbocycles. The van der Waals surface area contributed by atoms with Gasteiger partial charge in [0.05, 0.1) is 11.6 Å². The van der Waals surface area contributed by atoms with Crippen LogP contribution in [0.3, 0.4) is 0 Å². The molecule has 1 aromatic carbocycles. The Morgan fingerprint density at radius 2 is 2.19 bits per heavy atom. The van der Waals surface area contributed by atoms with E-state index in [0.29, 0.717) is 40.3 Å². The number of hydrogen-bond acceptors (Lipinski definition) is 7. The predicted octanol–water partition coefficient (Wildman–Crippen LogP) is 2.98. The number of hydrogen-bond donors (Lipinski definition) is 1. The fourth-order valence-electron chi connectivity index (χ4n) is 4.98. The molecule has 1 N–H and O–H groups in total. The van der Waals surface area contributed by atoms with Crippen molar-refractivity contribution in [3.05, 3.63) is 41.9 Å². The van der Waals surface area contributed by atoms with E-state index >= 15 is 0 Å². The molecule has 0 spiro atoms. The number of carbonyl (C=O) groups is 1. The first-order valence-corrected chi connectivity index (χ1v) is 10.2. The summed E-state index contributed by atoms with van der Waals surface area (Å²) in [6, 6.07) is 7.17. The van der Waals surface area contributed by atoms with E-state index in [1.54, 1.807) is 43.2 Å². The summed E-state index contributed by atoms with van der Waals surface area (Å²) in [5.74, 6) is 1.89. The number of aromatic nitrogens is 5. The summed E-state index contributed by atoms with van der Waals surface area (Å²) in [6.45, 7) is 3.94. The van der Waals surface area contributed by atoms with E-state index in [0.717, 1.165) is 19.3 Å². The molecule has 1 saturated carbocycles. The number of fused-ring (bicyclic) bond motifs is 2. The van der Waals surface area contributed by atoms with E-state index in [9.17, 15) is 10.1 Å². The molecule has 1 aliphatic heterocycles. The van der Waals surface area contributed by atoms with Crippen LogP contribution >= 0.6 is 0 Å². The molecule has 5 rings (SSSR count). The lowest BCUT2D eigenvalue weighted by atomic mass is 9.64. The summed E-state index contributed by atoms with van der Waals surface area (Å²) >= 11 is 0. The zero-order valence-corrected chi connectivity index (χ0v) is 17.5. The molecule has 3 heterocycles. The number of urea groups is 1. The number of nitrogens with zero attached hydrogens (tertiary/aromatic N) is 7. The smallest absolute Gasteiger partial charge is 0.323 e. The highest BCUT2D eigenvalue weighted by Gasteiger charge is 2.62. The van der Waals surface area contributed by atoms with Crippen LogP contribution in [-0.2, 0) is 12.6 Å². The van der Waals surface area contributed by atoms with Crippen LogP contribution in [0.5, 0.6) is 0 Å². The number of carbonyl (C=O) groups excluding carboxylic acids is 1. The monoisotopic (exact) mass is 418 g/mol. The van der Waals surface area contributed by atoms with Crippen molar-refractivity contribution < 1.29 is 9.21 Å². The van der Waals surface area contributed by atoms with Crippen LogP contribution in [0.2, 0.25) is 0 Å². The molecule has 10 heteroatoms. The first-order chi connectivity index (χ1) is 14.9. The van der Waals surface area contributed by atoms with Gasteiger partial charge in [-0.15, -0.1) is 10.2 Å². The Kier molecular flexibility index (Phi) is 4.28. The van der Waals surface area contributed by atoms with Crippen molar-refractivity contribution in [1.29, 1.82) is 5.26 Å². The van der Waals surface area contributed by atoms with Crippen LogP contribution in [0.25, 0.3) is 11.4 Å². The number of nitrogens with one attached hydrogen (secondary N) is 1. The van der Waals surface area contributed by atoms with Crippen molar-refractivity contribution in [1.82, 2.24) is 29.9 Å². The number of amides is 2. The lowest BCUT2D eigenvalue weighted by molar-refractivity contribution is -0.110. The fraction of sp³-hybridized carbons (Fsp3) is 0.429. The number of aryl methyl sites for hydroxylation is 2. The molecule has 31 heavy (non-hydrogen) atoms. The van der Waals surface area contributed by atoms with Gasteiger partial charge in [0.15, 0.2) is 5.82 Å². The molecule has 3 aromatic rings. The summed E-state index contributed by atoms with van der Waals surface area (Å²) in [7, 11) is 1.76. The minimum Gasteiger partial charge on any atom is -0.423 e. The number of likely N-dealkylation sites (tertiary alicyclic amines) is 1. The van der Waals surface area contributed by atoms with Gasteiger partial charge in [0.2, 0.25) is 11.8 Å². The third-order valence-electron chi connectivity index (χ3n) is 6.13. The fourth-order valence-corrected chi connectivity index (χ4v) is 4.98. The van der Waals surface area contributed by atoms with E-state index < -0.39 is 5.54 Å². The Morgan fingerprint density at radius 1 is 1.35 bits per heavy atom. The third kappa shape index (κ3) is 3.04. The lowest BCUT2D eigenvalue weighted by Gasteiger charge is -2.61. The third-order valence-corrected chi connectivity index (χ3v) is 6.13. The van der Waals surface area contributed by atoms with Gasteiger partial charge in [0.25, 0.3) is 0 Å².